The number of aromatic nitrogens is 4. The number of piperidine rings is 4. The van der Waals surface area contributed by atoms with Gasteiger partial charge in [-0.1, -0.05) is 64.8 Å². The maximum absolute atomic E-state index is 13.2. The van der Waals surface area contributed by atoms with Crippen molar-refractivity contribution in [3.05, 3.63) is 71.3 Å². The van der Waals surface area contributed by atoms with Gasteiger partial charge in [-0.2, -0.15) is 0 Å². The highest BCUT2D eigenvalue weighted by Crippen LogP contribution is 2.41. The number of aryl methyl sites for hydroxylation is 4. The number of aliphatic hydroxyl groups is 4. The van der Waals surface area contributed by atoms with Crippen molar-refractivity contribution in [2.45, 2.75) is 401 Å². The van der Waals surface area contributed by atoms with Crippen LogP contribution in [0.3, 0.4) is 0 Å². The summed E-state index contributed by atoms with van der Waals surface area (Å²) in [6.45, 7) is 38.9. The lowest BCUT2D eigenvalue weighted by Crippen LogP contribution is -2.53. The van der Waals surface area contributed by atoms with E-state index in [-0.39, 0.29) is 85.7 Å². The van der Waals surface area contributed by atoms with Crippen LogP contribution in [-0.4, -0.2) is 229 Å². The largest absolute Gasteiger partial charge is 0.444 e. The van der Waals surface area contributed by atoms with E-state index in [1.54, 1.807) is 155 Å². The Balaban J connectivity index is 0.000000388. The van der Waals surface area contributed by atoms with Crippen molar-refractivity contribution in [3.63, 3.8) is 0 Å². The number of carbonyl (C=O) groups is 12. The molecule has 4 aliphatic heterocycles. The minimum atomic E-state index is -0.691. The van der Waals surface area contributed by atoms with E-state index in [9.17, 15) is 78.0 Å². The molecule has 4 aromatic heterocycles. The normalized spacial score (nSPS) is 24.5. The van der Waals surface area contributed by atoms with Crippen molar-refractivity contribution >= 4 is 118 Å². The second-order valence-corrected chi connectivity index (χ2v) is 43.0. The molecule has 36 nitrogen and oxygen atoms in total. The predicted octanol–water partition coefficient (Wildman–Crippen LogP) is 18.6. The SMILES string of the molecule is C.C.C.C.C.Cc1cc(NC(=O)C(=O)N2C[C@@H](C)CC[C@H]2C2CCC(O)CC2)cnc1NC(=O)OC(C)(C)C.Cc1cc(NC(=O)C(=O)N2C[C@@H](C)CC[C@H]2C2CCC(O)CC2)cnc1NC(=O)OC(C)(C)C.Cc1cc(NC(=O)C(=O)N2C[C@H](C)CC[C@@H]2C2CCC(O)CC2)cnc1NC(=O)OC(C)(C)C.Cc1cc(NC(=O)C(=O)N2C[C@H](C)CC[C@@H]2C2CCC(O)CC2)cnc1NC(=O)OC(C)(C)C. The monoisotopic (exact) mass is 1980 g/mol. The van der Waals surface area contributed by atoms with Crippen LogP contribution in [0.25, 0.3) is 0 Å². The van der Waals surface area contributed by atoms with Gasteiger partial charge in [0.1, 0.15) is 45.7 Å². The van der Waals surface area contributed by atoms with Crippen LogP contribution in [0, 0.1) is 75.0 Å². The van der Waals surface area contributed by atoms with Gasteiger partial charge in [-0.25, -0.2) is 39.1 Å². The summed E-state index contributed by atoms with van der Waals surface area (Å²) in [4.78, 5) is 176. The molecule has 12 amide bonds. The standard InChI is InChI=1S/4C25H38N4O5.5CH4/c4*1-15-6-11-20(17-7-9-19(30)10-8-17)29(14-15)23(32)22(31)27-18-12-16(2)21(26-13-18)28-24(33)34-25(3,4)5;;;;;/h4*12-13,15,17,19-20,30H,6-11,14H2,1-5H3,(H,27,31)(H,26,28,33);5*1H4/t4*15-,17?,19?,20-;;;;;/m1100...../s1. The van der Waals surface area contributed by atoms with E-state index in [4.69, 9.17) is 18.9 Å². The smallest absolute Gasteiger partial charge is 0.413 e. The summed E-state index contributed by atoms with van der Waals surface area (Å²) in [7, 11) is 0. The molecular weight excluding hydrogens is 1810 g/mol. The number of anilines is 8. The number of ether oxygens (including phenoxy) is 4. The maximum atomic E-state index is 13.2. The van der Waals surface area contributed by atoms with Gasteiger partial charge in [0, 0.05) is 50.3 Å². The Labute approximate surface area is 838 Å². The summed E-state index contributed by atoms with van der Waals surface area (Å²) < 4.78 is 21.0. The molecule has 0 spiro atoms. The predicted molar refractivity (Wildman–Crippen MR) is 551 cm³/mol. The molecule has 0 unspecified atom stereocenters. The topological polar surface area (TPSA) is 483 Å². The zero-order chi connectivity index (χ0) is 100. The van der Waals surface area contributed by atoms with Crippen LogP contribution in [-0.2, 0) is 57.3 Å². The van der Waals surface area contributed by atoms with Crippen LogP contribution in [0.15, 0.2) is 49.1 Å². The molecule has 0 aromatic carbocycles. The molecule has 12 N–H and O–H groups in total. The van der Waals surface area contributed by atoms with Crippen molar-refractivity contribution in [1.82, 2.24) is 39.5 Å². The molecule has 4 aliphatic carbocycles. The van der Waals surface area contributed by atoms with Crippen LogP contribution in [0.4, 0.5) is 65.2 Å². The van der Waals surface area contributed by atoms with Gasteiger partial charge < -0.3 is 80.2 Å². The number of likely N-dealkylation sites (tertiary alicyclic amines) is 4. The van der Waals surface area contributed by atoms with Gasteiger partial charge in [0.15, 0.2) is 0 Å². The summed E-state index contributed by atoms with van der Waals surface area (Å²) in [5.41, 5.74) is 1.51. The quantitative estimate of drug-likeness (QED) is 0.0463. The first kappa shape index (κ1) is 123. The van der Waals surface area contributed by atoms with Crippen molar-refractivity contribution in [2.75, 3.05) is 68.7 Å². The number of hydrogen-bond donors (Lipinski definition) is 12. The molecule has 12 rings (SSSR count). The van der Waals surface area contributed by atoms with Crippen molar-refractivity contribution < 1.29 is 96.9 Å². The third kappa shape index (κ3) is 38.5. The highest BCUT2D eigenvalue weighted by molar-refractivity contribution is 6.41. The molecule has 4 saturated heterocycles. The van der Waals surface area contributed by atoms with Crippen LogP contribution in [0.5, 0.6) is 0 Å². The highest BCUT2D eigenvalue weighted by Gasteiger charge is 2.45. The Morgan fingerprint density at radius 1 is 0.270 bits per heavy atom. The van der Waals surface area contributed by atoms with Gasteiger partial charge in [-0.05, 0) is 359 Å². The molecule has 8 aliphatic rings. The molecule has 0 radical (unpaired) electrons. The third-order valence-corrected chi connectivity index (χ3v) is 26.2. The zero-order valence-corrected chi connectivity index (χ0v) is 83.6. The fourth-order valence-corrected chi connectivity index (χ4v) is 19.5. The Hall–Kier alpha value is -10.7. The molecule has 8 fully saturated rings. The van der Waals surface area contributed by atoms with Crippen molar-refractivity contribution in [3.8, 4) is 0 Å². The fourth-order valence-electron chi connectivity index (χ4n) is 19.5. The lowest BCUT2D eigenvalue weighted by atomic mass is 9.77. The van der Waals surface area contributed by atoms with Gasteiger partial charge in [0.05, 0.1) is 72.0 Å². The number of pyridine rings is 4. The van der Waals surface area contributed by atoms with E-state index < -0.39 is 94.0 Å². The van der Waals surface area contributed by atoms with Gasteiger partial charge in [0.2, 0.25) is 0 Å². The first-order valence-electron chi connectivity index (χ1n) is 48.8. The van der Waals surface area contributed by atoms with Crippen LogP contribution in [0.1, 0.15) is 324 Å². The number of amides is 12. The minimum Gasteiger partial charge on any atom is -0.444 e. The zero-order valence-electron chi connectivity index (χ0n) is 83.6. The molecule has 792 valence electrons. The van der Waals surface area contributed by atoms with E-state index in [1.807, 2.05) is 0 Å². The number of nitrogens with one attached hydrogen (secondary N) is 8. The van der Waals surface area contributed by atoms with E-state index >= 15 is 0 Å². The van der Waals surface area contributed by atoms with Gasteiger partial charge in [-0.3, -0.25) is 59.6 Å². The summed E-state index contributed by atoms with van der Waals surface area (Å²) in [6, 6.07) is 6.75. The number of carbonyl (C=O) groups excluding carboxylic acids is 12. The lowest BCUT2D eigenvalue weighted by Gasteiger charge is -2.44. The van der Waals surface area contributed by atoms with Crippen LogP contribution >= 0.6 is 0 Å². The average Bonchev–Trinajstić information content (AvgIpc) is 0.811. The fraction of sp³-hybridized carbons (Fsp3) is 0.695. The van der Waals surface area contributed by atoms with Gasteiger partial charge in [0.25, 0.3) is 0 Å². The molecule has 8 atom stereocenters. The Kier molecular flexibility index (Phi) is 47.5. The molecule has 0 bridgehead atoms. The molecule has 4 aromatic rings. The van der Waals surface area contributed by atoms with E-state index in [0.717, 1.165) is 154 Å². The highest BCUT2D eigenvalue weighted by atomic mass is 16.6. The van der Waals surface area contributed by atoms with Crippen molar-refractivity contribution in [1.29, 1.82) is 0 Å². The number of aliphatic hydroxyl groups excluding tert-OH is 4. The summed E-state index contributed by atoms with van der Waals surface area (Å²) in [5, 5.41) is 60.5. The molecular formula is C105H172N16O20. The Morgan fingerprint density at radius 2 is 0.433 bits per heavy atom. The van der Waals surface area contributed by atoms with Gasteiger partial charge >= 0.3 is 71.6 Å². The molecule has 36 heteroatoms. The van der Waals surface area contributed by atoms with Crippen LogP contribution in [0.2, 0.25) is 0 Å². The maximum Gasteiger partial charge on any atom is 0.413 e. The van der Waals surface area contributed by atoms with Gasteiger partial charge in [-0.15, -0.1) is 0 Å². The van der Waals surface area contributed by atoms with E-state index in [1.165, 1.54) is 24.8 Å². The summed E-state index contributed by atoms with van der Waals surface area (Å²) in [6.07, 6.45) is 22.8. The van der Waals surface area contributed by atoms with Crippen molar-refractivity contribution in [2.24, 2.45) is 47.3 Å². The number of nitrogens with zero attached hydrogens (tertiary/aromatic N) is 8. The van der Waals surface area contributed by atoms with E-state index in [0.29, 0.717) is 142 Å². The Morgan fingerprint density at radius 3 is 0.582 bits per heavy atom. The second-order valence-electron chi connectivity index (χ2n) is 43.0. The number of hydrogen-bond acceptors (Lipinski definition) is 24. The van der Waals surface area contributed by atoms with Crippen LogP contribution < -0.4 is 42.5 Å². The summed E-state index contributed by atoms with van der Waals surface area (Å²) in [5.74, 6) is -0.991. The first-order chi connectivity index (χ1) is 63.7. The second kappa shape index (κ2) is 54.7. The lowest BCUT2D eigenvalue weighted by molar-refractivity contribution is -0.148. The molecule has 4 saturated carbocycles. The molecule has 141 heavy (non-hydrogen) atoms. The molecule has 8 heterocycles. The first-order valence-corrected chi connectivity index (χ1v) is 48.8. The number of rotatable bonds is 12. The minimum absolute atomic E-state index is 0. The average molecular weight is 1980 g/mol. The van der Waals surface area contributed by atoms with E-state index in [2.05, 4.69) is 90.2 Å². The third-order valence-electron chi connectivity index (χ3n) is 26.2. The summed E-state index contributed by atoms with van der Waals surface area (Å²) >= 11 is 0. The Bertz CT molecular complexity index is 4210.